The minimum Gasteiger partial charge on any atom is -0.315 e. The third kappa shape index (κ3) is 1.39. The van der Waals surface area contributed by atoms with E-state index >= 15 is 0 Å². The van der Waals surface area contributed by atoms with Crippen LogP contribution in [0.3, 0.4) is 0 Å². The zero-order valence-electron chi connectivity index (χ0n) is 8.68. The summed E-state index contributed by atoms with van der Waals surface area (Å²) in [4.78, 5) is 26.5. The van der Waals surface area contributed by atoms with Crippen molar-refractivity contribution in [1.29, 1.82) is 0 Å². The SMILES string of the molecule is O=C1[C@H]2CNC[C@@H]2C(=O)N1Cc1cccs1. The maximum absolute atomic E-state index is 12.0. The fourth-order valence-electron chi connectivity index (χ4n) is 2.42. The number of thiophene rings is 1. The topological polar surface area (TPSA) is 49.4 Å². The van der Waals surface area contributed by atoms with Gasteiger partial charge in [-0.2, -0.15) is 0 Å². The van der Waals surface area contributed by atoms with Crippen molar-refractivity contribution in [2.24, 2.45) is 11.8 Å². The number of imide groups is 1. The van der Waals surface area contributed by atoms with Gasteiger partial charge in [0.25, 0.3) is 0 Å². The Labute approximate surface area is 97.2 Å². The first kappa shape index (κ1) is 9.99. The number of fused-ring (bicyclic) bond motifs is 1. The molecule has 1 aromatic rings. The molecule has 4 nitrogen and oxygen atoms in total. The molecular weight excluding hydrogens is 224 g/mol. The minimum absolute atomic E-state index is 0.00611. The van der Waals surface area contributed by atoms with Gasteiger partial charge < -0.3 is 5.32 Å². The number of carbonyl (C=O) groups is 2. The van der Waals surface area contributed by atoms with Crippen LogP contribution in [0.2, 0.25) is 0 Å². The second kappa shape index (κ2) is 3.68. The molecule has 16 heavy (non-hydrogen) atoms. The Morgan fingerprint density at radius 1 is 1.31 bits per heavy atom. The van der Waals surface area contributed by atoms with Crippen molar-refractivity contribution < 1.29 is 9.59 Å². The Morgan fingerprint density at radius 3 is 2.56 bits per heavy atom. The molecule has 0 radical (unpaired) electrons. The van der Waals surface area contributed by atoms with Crippen LogP contribution in [0.15, 0.2) is 17.5 Å². The lowest BCUT2D eigenvalue weighted by atomic mass is 10.00. The molecule has 0 bridgehead atoms. The molecule has 2 saturated heterocycles. The van der Waals surface area contributed by atoms with Crippen LogP contribution in [0.25, 0.3) is 0 Å². The van der Waals surface area contributed by atoms with Crippen LogP contribution in [-0.2, 0) is 16.1 Å². The van der Waals surface area contributed by atoms with Gasteiger partial charge in [0.2, 0.25) is 11.8 Å². The Morgan fingerprint density at radius 2 is 2.00 bits per heavy atom. The average molecular weight is 236 g/mol. The van der Waals surface area contributed by atoms with Gasteiger partial charge in [-0.15, -0.1) is 11.3 Å². The molecule has 0 unspecified atom stereocenters. The quantitative estimate of drug-likeness (QED) is 0.759. The maximum Gasteiger partial charge on any atom is 0.234 e. The van der Waals surface area contributed by atoms with E-state index in [4.69, 9.17) is 0 Å². The first-order valence-corrected chi connectivity index (χ1v) is 6.23. The van der Waals surface area contributed by atoms with Gasteiger partial charge >= 0.3 is 0 Å². The molecule has 0 spiro atoms. The van der Waals surface area contributed by atoms with Crippen LogP contribution >= 0.6 is 11.3 Å². The summed E-state index contributed by atoms with van der Waals surface area (Å²) < 4.78 is 0. The lowest BCUT2D eigenvalue weighted by Crippen LogP contribution is -2.33. The number of amides is 2. The number of nitrogens with one attached hydrogen (secondary N) is 1. The Kier molecular flexibility index (Phi) is 2.29. The Hall–Kier alpha value is -1.20. The van der Waals surface area contributed by atoms with Gasteiger partial charge in [0.05, 0.1) is 18.4 Å². The summed E-state index contributed by atoms with van der Waals surface area (Å²) in [5, 5.41) is 5.06. The van der Waals surface area contributed by atoms with Crippen molar-refractivity contribution in [2.45, 2.75) is 6.54 Å². The first-order chi connectivity index (χ1) is 7.77. The number of hydrogen-bond donors (Lipinski definition) is 1. The van der Waals surface area contributed by atoms with Crippen LogP contribution < -0.4 is 5.32 Å². The van der Waals surface area contributed by atoms with Crippen molar-refractivity contribution in [3.05, 3.63) is 22.4 Å². The van der Waals surface area contributed by atoms with Crippen molar-refractivity contribution in [2.75, 3.05) is 13.1 Å². The normalized spacial score (nSPS) is 28.9. The first-order valence-electron chi connectivity index (χ1n) is 5.35. The molecule has 2 amide bonds. The van der Waals surface area contributed by atoms with Crippen molar-refractivity contribution in [3.63, 3.8) is 0 Å². The van der Waals surface area contributed by atoms with Crippen LogP contribution in [0, 0.1) is 11.8 Å². The lowest BCUT2D eigenvalue weighted by molar-refractivity contribution is -0.140. The zero-order valence-corrected chi connectivity index (χ0v) is 9.50. The molecular formula is C11H12N2O2S. The fourth-order valence-corrected chi connectivity index (χ4v) is 3.11. The average Bonchev–Trinajstić information content (AvgIpc) is 2.97. The lowest BCUT2D eigenvalue weighted by Gasteiger charge is -2.14. The van der Waals surface area contributed by atoms with Crippen LogP contribution in [0.1, 0.15) is 4.88 Å². The van der Waals surface area contributed by atoms with E-state index in [9.17, 15) is 9.59 Å². The van der Waals surface area contributed by atoms with Gasteiger partial charge in [-0.1, -0.05) is 6.07 Å². The fraction of sp³-hybridized carbons (Fsp3) is 0.455. The minimum atomic E-state index is -0.118. The largest absolute Gasteiger partial charge is 0.315 e. The highest BCUT2D eigenvalue weighted by atomic mass is 32.1. The van der Waals surface area contributed by atoms with E-state index in [1.54, 1.807) is 11.3 Å². The molecule has 2 fully saturated rings. The Bertz CT molecular complexity index is 407. The van der Waals surface area contributed by atoms with Crippen molar-refractivity contribution in [3.8, 4) is 0 Å². The second-order valence-corrected chi connectivity index (χ2v) is 5.25. The molecule has 5 heteroatoms. The number of rotatable bonds is 2. The van der Waals surface area contributed by atoms with Gasteiger partial charge in [0.1, 0.15) is 0 Å². The van der Waals surface area contributed by atoms with Crippen molar-refractivity contribution in [1.82, 2.24) is 10.2 Å². The number of nitrogens with zero attached hydrogens (tertiary/aromatic N) is 1. The van der Waals surface area contributed by atoms with Gasteiger partial charge in [0, 0.05) is 18.0 Å². The van der Waals surface area contributed by atoms with Gasteiger partial charge in [0.15, 0.2) is 0 Å². The number of carbonyl (C=O) groups excluding carboxylic acids is 2. The third-order valence-electron chi connectivity index (χ3n) is 3.27. The molecule has 0 aromatic carbocycles. The summed E-state index contributed by atoms with van der Waals surface area (Å²) >= 11 is 1.58. The van der Waals surface area contributed by atoms with Crippen LogP contribution in [0.5, 0.6) is 0 Å². The van der Waals surface area contributed by atoms with E-state index < -0.39 is 0 Å². The van der Waals surface area contributed by atoms with Crippen molar-refractivity contribution >= 4 is 23.2 Å². The van der Waals surface area contributed by atoms with E-state index in [-0.39, 0.29) is 23.7 Å². The monoisotopic (exact) mass is 236 g/mol. The van der Waals surface area contributed by atoms with E-state index in [2.05, 4.69) is 5.32 Å². The maximum atomic E-state index is 12.0. The molecule has 2 aliphatic rings. The summed E-state index contributed by atoms with van der Waals surface area (Å²) in [7, 11) is 0. The zero-order chi connectivity index (χ0) is 11.1. The highest BCUT2D eigenvalue weighted by molar-refractivity contribution is 7.09. The summed E-state index contributed by atoms with van der Waals surface area (Å²) in [6.45, 7) is 1.74. The van der Waals surface area contributed by atoms with Gasteiger partial charge in [-0.3, -0.25) is 14.5 Å². The van der Waals surface area contributed by atoms with E-state index in [1.807, 2.05) is 17.5 Å². The van der Waals surface area contributed by atoms with Crippen LogP contribution in [0.4, 0.5) is 0 Å². The molecule has 84 valence electrons. The highest BCUT2D eigenvalue weighted by Crippen LogP contribution is 2.30. The third-order valence-corrected chi connectivity index (χ3v) is 4.14. The molecule has 3 rings (SSSR count). The number of hydrogen-bond acceptors (Lipinski definition) is 4. The summed E-state index contributed by atoms with van der Waals surface area (Å²) in [6, 6.07) is 3.89. The molecule has 1 N–H and O–H groups in total. The highest BCUT2D eigenvalue weighted by Gasteiger charge is 2.49. The summed E-state index contributed by atoms with van der Waals surface area (Å²) in [6.07, 6.45) is 0. The predicted molar refractivity (Wildman–Crippen MR) is 59.7 cm³/mol. The summed E-state index contributed by atoms with van der Waals surface area (Å²) in [5.41, 5.74) is 0. The molecule has 2 atom stereocenters. The van der Waals surface area contributed by atoms with E-state index in [1.165, 1.54) is 4.90 Å². The number of likely N-dealkylation sites (tertiary alicyclic amines) is 1. The summed E-state index contributed by atoms with van der Waals surface area (Å²) in [5.74, 6) is -0.248. The molecule has 3 heterocycles. The second-order valence-electron chi connectivity index (χ2n) is 4.21. The van der Waals surface area contributed by atoms with E-state index in [0.717, 1.165) is 4.88 Å². The smallest absolute Gasteiger partial charge is 0.234 e. The molecule has 2 aliphatic heterocycles. The standard InChI is InChI=1S/C11H12N2O2S/c14-10-8-4-12-5-9(8)11(15)13(10)6-7-2-1-3-16-7/h1-3,8-9,12H,4-6H2/t8-,9-/m0/s1. The van der Waals surface area contributed by atoms with Gasteiger partial charge in [-0.05, 0) is 11.4 Å². The van der Waals surface area contributed by atoms with Gasteiger partial charge in [-0.25, -0.2) is 0 Å². The molecule has 0 saturated carbocycles. The van der Waals surface area contributed by atoms with E-state index in [0.29, 0.717) is 19.6 Å². The predicted octanol–water partition coefficient (Wildman–Crippen LogP) is 0.452. The molecule has 1 aromatic heterocycles. The van der Waals surface area contributed by atoms with Crippen LogP contribution in [-0.4, -0.2) is 29.8 Å². The molecule has 0 aliphatic carbocycles. The Balaban J connectivity index is 1.81.